The van der Waals surface area contributed by atoms with Crippen molar-refractivity contribution in [2.45, 2.75) is 6.54 Å². The van der Waals surface area contributed by atoms with Crippen molar-refractivity contribution in [3.63, 3.8) is 0 Å². The lowest BCUT2D eigenvalue weighted by Gasteiger charge is -2.23. The van der Waals surface area contributed by atoms with E-state index in [9.17, 15) is 4.39 Å². The van der Waals surface area contributed by atoms with Gasteiger partial charge in [-0.15, -0.1) is 0 Å². The maximum Gasteiger partial charge on any atom is 0.143 e. The van der Waals surface area contributed by atoms with E-state index in [-0.39, 0.29) is 5.56 Å². The quantitative estimate of drug-likeness (QED) is 0.844. The molecule has 5 heteroatoms. The van der Waals surface area contributed by atoms with E-state index in [1.165, 1.54) is 12.1 Å². The van der Waals surface area contributed by atoms with E-state index in [0.29, 0.717) is 18.8 Å². The van der Waals surface area contributed by atoms with Gasteiger partial charge in [0.15, 0.2) is 0 Å². The summed E-state index contributed by atoms with van der Waals surface area (Å²) in [7, 11) is 1.91. The minimum atomic E-state index is -0.511. The third kappa shape index (κ3) is 2.74. The number of nitrogens with zero attached hydrogens (tertiary/aromatic N) is 4. The molecule has 0 aliphatic carbocycles. The number of hydrogen-bond acceptors (Lipinski definition) is 3. The van der Waals surface area contributed by atoms with Crippen LogP contribution in [0.25, 0.3) is 0 Å². The van der Waals surface area contributed by atoms with Crippen molar-refractivity contribution in [2.75, 3.05) is 11.4 Å². The zero-order valence-electron chi connectivity index (χ0n) is 10.7. The summed E-state index contributed by atoms with van der Waals surface area (Å²) < 4.78 is 15.5. The van der Waals surface area contributed by atoms with Crippen LogP contribution in [0, 0.1) is 24.1 Å². The summed E-state index contributed by atoms with van der Waals surface area (Å²) in [4.78, 5) is 5.96. The van der Waals surface area contributed by atoms with Crippen LogP contribution in [0.2, 0.25) is 0 Å². The summed E-state index contributed by atoms with van der Waals surface area (Å²) in [6.07, 6.45) is 3.48. The van der Waals surface area contributed by atoms with Crippen molar-refractivity contribution in [2.24, 2.45) is 7.05 Å². The van der Waals surface area contributed by atoms with Crippen molar-refractivity contribution in [3.8, 4) is 6.07 Å². The number of halogens is 1. The van der Waals surface area contributed by atoms with Crippen LogP contribution in [-0.4, -0.2) is 16.1 Å². The Labute approximate surface area is 111 Å². The van der Waals surface area contributed by atoms with E-state index in [1.54, 1.807) is 18.6 Å². The van der Waals surface area contributed by atoms with Crippen LogP contribution in [0.4, 0.5) is 10.1 Å². The molecule has 0 aliphatic heterocycles. The number of imidazole rings is 1. The smallest absolute Gasteiger partial charge is 0.143 e. The molecule has 97 valence electrons. The molecule has 1 aromatic heterocycles. The second-order valence-corrected chi connectivity index (χ2v) is 4.19. The van der Waals surface area contributed by atoms with Crippen molar-refractivity contribution >= 4 is 5.69 Å². The maximum atomic E-state index is 13.6. The Morgan fingerprint density at radius 3 is 2.84 bits per heavy atom. The number of anilines is 1. The van der Waals surface area contributed by atoms with Crippen molar-refractivity contribution < 1.29 is 4.39 Å². The average molecular weight is 257 g/mol. The first kappa shape index (κ1) is 13.1. The van der Waals surface area contributed by atoms with Gasteiger partial charge in [0.25, 0.3) is 0 Å². The number of nitriles is 1. The van der Waals surface area contributed by atoms with Gasteiger partial charge in [-0.2, -0.15) is 5.26 Å². The molecule has 2 aromatic rings. The average Bonchev–Trinajstić information content (AvgIpc) is 2.81. The zero-order chi connectivity index (χ0) is 13.8. The largest absolute Gasteiger partial charge is 0.366 e. The molecule has 0 saturated heterocycles. The lowest BCUT2D eigenvalue weighted by atomic mass is 10.2. The van der Waals surface area contributed by atoms with Crippen molar-refractivity contribution in [1.29, 1.82) is 5.26 Å². The zero-order valence-corrected chi connectivity index (χ0v) is 10.7. The van der Waals surface area contributed by atoms with Crippen molar-refractivity contribution in [3.05, 3.63) is 54.7 Å². The topological polar surface area (TPSA) is 44.9 Å². The minimum Gasteiger partial charge on any atom is -0.366 e. The number of benzene rings is 1. The highest BCUT2D eigenvalue weighted by molar-refractivity contribution is 5.50. The van der Waals surface area contributed by atoms with E-state index in [2.05, 4.69) is 11.9 Å². The van der Waals surface area contributed by atoms with Gasteiger partial charge in [0, 0.05) is 25.5 Å². The highest BCUT2D eigenvalue weighted by Gasteiger charge is 2.10. The molecule has 0 bridgehead atoms. The Morgan fingerprint density at radius 2 is 2.32 bits per heavy atom. The van der Waals surface area contributed by atoms with E-state index in [4.69, 9.17) is 5.26 Å². The Bertz CT molecular complexity index is 612. The third-order valence-corrected chi connectivity index (χ3v) is 2.98. The second-order valence-electron chi connectivity index (χ2n) is 4.19. The third-order valence-electron chi connectivity index (χ3n) is 2.98. The predicted octanol–water partition coefficient (Wildman–Crippen LogP) is 2.27. The molecule has 1 heterocycles. The maximum absolute atomic E-state index is 13.6. The van der Waals surface area contributed by atoms with Gasteiger partial charge in [-0.1, -0.05) is 0 Å². The summed E-state index contributed by atoms with van der Waals surface area (Å²) in [5.41, 5.74) is 1.76. The molecule has 0 amide bonds. The van der Waals surface area contributed by atoms with E-state index < -0.39 is 5.82 Å². The molecule has 0 aliphatic rings. The lowest BCUT2D eigenvalue weighted by molar-refractivity contribution is 0.622. The van der Waals surface area contributed by atoms with Crippen LogP contribution >= 0.6 is 0 Å². The Balaban J connectivity index is 2.25. The van der Waals surface area contributed by atoms with Crippen LogP contribution in [-0.2, 0) is 13.6 Å². The highest BCUT2D eigenvalue weighted by Crippen LogP contribution is 2.20. The molecule has 0 fully saturated rings. The van der Waals surface area contributed by atoms with Crippen LogP contribution in [0.5, 0.6) is 0 Å². The number of aromatic nitrogens is 2. The van der Waals surface area contributed by atoms with Gasteiger partial charge in [-0.25, -0.2) is 9.37 Å². The fourth-order valence-electron chi connectivity index (χ4n) is 1.82. The Kier molecular flexibility index (Phi) is 3.81. The predicted molar refractivity (Wildman–Crippen MR) is 70.7 cm³/mol. The van der Waals surface area contributed by atoms with E-state index in [0.717, 1.165) is 5.69 Å². The van der Waals surface area contributed by atoms with Gasteiger partial charge in [0.2, 0.25) is 0 Å². The van der Waals surface area contributed by atoms with Gasteiger partial charge < -0.3 is 9.47 Å². The van der Waals surface area contributed by atoms with Gasteiger partial charge in [0.1, 0.15) is 11.9 Å². The lowest BCUT2D eigenvalue weighted by Crippen LogP contribution is -2.23. The fraction of sp³-hybridized carbons (Fsp3) is 0.214. The molecule has 0 N–H and O–H groups in total. The standard InChI is InChI=1S/C14H14FN4/c1-3-19(9-13-8-17-10-18(13)2)12-5-4-11(7-16)14(15)6-12/h4-6,8,10H,1,3,9H2,2H3. The Hall–Kier alpha value is -2.35. The van der Waals surface area contributed by atoms with Crippen LogP contribution in [0.15, 0.2) is 30.7 Å². The highest BCUT2D eigenvalue weighted by atomic mass is 19.1. The molecule has 4 nitrogen and oxygen atoms in total. The number of rotatable bonds is 4. The molecule has 0 atom stereocenters. The second kappa shape index (κ2) is 5.53. The normalized spacial score (nSPS) is 10.2. The molecule has 0 saturated carbocycles. The minimum absolute atomic E-state index is 0.0493. The summed E-state index contributed by atoms with van der Waals surface area (Å²) in [6, 6.07) is 6.38. The molecular weight excluding hydrogens is 243 g/mol. The molecule has 0 spiro atoms. The fourth-order valence-corrected chi connectivity index (χ4v) is 1.82. The number of hydrogen-bond donors (Lipinski definition) is 0. The monoisotopic (exact) mass is 257 g/mol. The van der Waals surface area contributed by atoms with Crippen LogP contribution in [0.3, 0.4) is 0 Å². The SMILES string of the molecule is [CH2]CN(Cc1cncn1C)c1ccc(C#N)c(F)c1. The Morgan fingerprint density at radius 1 is 1.53 bits per heavy atom. The molecule has 1 aromatic carbocycles. The first-order valence-corrected chi connectivity index (χ1v) is 5.84. The molecule has 19 heavy (non-hydrogen) atoms. The summed E-state index contributed by atoms with van der Waals surface area (Å²) >= 11 is 0. The van der Waals surface area contributed by atoms with Gasteiger partial charge in [-0.05, 0) is 25.1 Å². The van der Waals surface area contributed by atoms with Gasteiger partial charge in [-0.3, -0.25) is 0 Å². The van der Waals surface area contributed by atoms with Crippen LogP contribution in [0.1, 0.15) is 11.3 Å². The first-order valence-electron chi connectivity index (χ1n) is 5.84. The molecular formula is C14H14FN4. The summed E-state index contributed by atoms with van der Waals surface area (Å²) in [6.45, 7) is 4.94. The van der Waals surface area contributed by atoms with Crippen molar-refractivity contribution in [1.82, 2.24) is 9.55 Å². The number of aryl methyl sites for hydroxylation is 1. The molecule has 1 radical (unpaired) electrons. The van der Waals surface area contributed by atoms with Crippen LogP contribution < -0.4 is 4.90 Å². The first-order chi connectivity index (χ1) is 9.15. The van der Waals surface area contributed by atoms with Gasteiger partial charge in [0.05, 0.1) is 24.1 Å². The van der Waals surface area contributed by atoms with E-state index >= 15 is 0 Å². The molecule has 0 unspecified atom stereocenters. The summed E-state index contributed by atoms with van der Waals surface area (Å²) in [5.74, 6) is -0.511. The molecule has 2 rings (SSSR count). The summed E-state index contributed by atoms with van der Waals surface area (Å²) in [5, 5.41) is 8.72. The van der Waals surface area contributed by atoms with Gasteiger partial charge >= 0.3 is 0 Å². The van der Waals surface area contributed by atoms with E-state index in [1.807, 2.05) is 22.6 Å².